The summed E-state index contributed by atoms with van der Waals surface area (Å²) in [7, 11) is 0. The van der Waals surface area contributed by atoms with E-state index in [-0.39, 0.29) is 6.04 Å². The molecule has 0 heterocycles. The summed E-state index contributed by atoms with van der Waals surface area (Å²) in [6.45, 7) is 13.5. The molecule has 0 spiro atoms. The average molecular weight is 217 g/mol. The number of rotatable bonds is 5. The van der Waals surface area contributed by atoms with Crippen molar-refractivity contribution in [3.8, 4) is 0 Å². The largest absolute Gasteiger partial charge is 0.327 e. The lowest BCUT2D eigenvalue weighted by Crippen LogP contribution is -2.39. The van der Waals surface area contributed by atoms with E-state index in [9.17, 15) is 0 Å². The van der Waals surface area contributed by atoms with Crippen LogP contribution >= 0.6 is 11.8 Å². The van der Waals surface area contributed by atoms with Crippen LogP contribution in [0.25, 0.3) is 0 Å². The summed E-state index contributed by atoms with van der Waals surface area (Å²) < 4.78 is 0. The molecule has 0 fully saturated rings. The lowest BCUT2D eigenvalue weighted by atomic mass is 9.88. The van der Waals surface area contributed by atoms with Crippen LogP contribution < -0.4 is 5.73 Å². The van der Waals surface area contributed by atoms with Gasteiger partial charge in [-0.2, -0.15) is 11.8 Å². The summed E-state index contributed by atoms with van der Waals surface area (Å²) in [5, 5.41) is 0.566. The summed E-state index contributed by atoms with van der Waals surface area (Å²) in [6, 6.07) is 0.282. The Bertz CT molecular complexity index is 149. The first-order valence-electron chi connectivity index (χ1n) is 5.66. The number of thioether (sulfide) groups is 1. The van der Waals surface area contributed by atoms with Crippen LogP contribution in [0.1, 0.15) is 48.0 Å². The molecule has 0 amide bonds. The van der Waals surface area contributed by atoms with E-state index in [1.807, 2.05) is 11.8 Å². The van der Waals surface area contributed by atoms with Crippen LogP contribution in [0.15, 0.2) is 0 Å². The van der Waals surface area contributed by atoms with E-state index in [2.05, 4.69) is 41.5 Å². The summed E-state index contributed by atoms with van der Waals surface area (Å²) >= 11 is 2.04. The summed E-state index contributed by atoms with van der Waals surface area (Å²) in [5.74, 6) is 2.04. The third-order valence-electron chi connectivity index (χ3n) is 2.59. The Morgan fingerprint density at radius 2 is 1.71 bits per heavy atom. The van der Waals surface area contributed by atoms with Gasteiger partial charge in [0.15, 0.2) is 0 Å². The van der Waals surface area contributed by atoms with Crippen molar-refractivity contribution in [2.75, 3.05) is 5.75 Å². The molecule has 0 saturated carbocycles. The van der Waals surface area contributed by atoms with Gasteiger partial charge in [0, 0.05) is 11.3 Å². The van der Waals surface area contributed by atoms with E-state index in [1.165, 1.54) is 12.2 Å². The van der Waals surface area contributed by atoms with Crippen molar-refractivity contribution in [1.29, 1.82) is 0 Å². The molecule has 1 nitrogen and oxygen atoms in total. The Kier molecular flexibility index (Phi) is 6.15. The second kappa shape index (κ2) is 6.02. The Labute approximate surface area is 94.2 Å². The highest BCUT2D eigenvalue weighted by molar-refractivity contribution is 8.00. The molecule has 0 aliphatic rings. The fourth-order valence-electron chi connectivity index (χ4n) is 1.58. The zero-order valence-electron chi connectivity index (χ0n) is 10.6. The van der Waals surface area contributed by atoms with E-state index >= 15 is 0 Å². The molecule has 86 valence electrons. The Balaban J connectivity index is 4.12. The predicted octanol–water partition coefficient (Wildman–Crippen LogP) is 3.53. The van der Waals surface area contributed by atoms with Gasteiger partial charge in [-0.05, 0) is 24.0 Å². The van der Waals surface area contributed by atoms with Crippen molar-refractivity contribution in [2.24, 2.45) is 17.1 Å². The lowest BCUT2D eigenvalue weighted by molar-refractivity contribution is 0.363. The summed E-state index contributed by atoms with van der Waals surface area (Å²) in [4.78, 5) is 0. The highest BCUT2D eigenvalue weighted by Gasteiger charge is 2.28. The van der Waals surface area contributed by atoms with Crippen molar-refractivity contribution < 1.29 is 0 Å². The molecule has 0 radical (unpaired) electrons. The third-order valence-corrected chi connectivity index (χ3v) is 4.85. The fourth-order valence-corrected chi connectivity index (χ4v) is 3.15. The van der Waals surface area contributed by atoms with Crippen molar-refractivity contribution in [3.63, 3.8) is 0 Å². The Hall–Kier alpha value is 0.310. The standard InChI is InChI=1S/C12H27NS/c1-7-9(2)8-14-11(10(3)13)12(4,5)6/h9-11H,7-8,13H2,1-6H3. The minimum atomic E-state index is 0.282. The van der Waals surface area contributed by atoms with Crippen LogP contribution in [0.4, 0.5) is 0 Å². The SMILES string of the molecule is CCC(C)CSC(C(C)N)C(C)(C)C. The van der Waals surface area contributed by atoms with Crippen LogP contribution in [0.5, 0.6) is 0 Å². The minimum Gasteiger partial charge on any atom is -0.327 e. The van der Waals surface area contributed by atoms with Gasteiger partial charge in [0.2, 0.25) is 0 Å². The molecule has 0 aromatic rings. The maximum Gasteiger partial charge on any atom is 0.0244 e. The van der Waals surface area contributed by atoms with Gasteiger partial charge in [-0.25, -0.2) is 0 Å². The fraction of sp³-hybridized carbons (Fsp3) is 1.00. The number of hydrogen-bond acceptors (Lipinski definition) is 2. The molecular formula is C12H27NS. The van der Waals surface area contributed by atoms with Gasteiger partial charge in [0.25, 0.3) is 0 Å². The van der Waals surface area contributed by atoms with Crippen LogP contribution in [0.2, 0.25) is 0 Å². The Morgan fingerprint density at radius 3 is 2.00 bits per heavy atom. The topological polar surface area (TPSA) is 26.0 Å². The van der Waals surface area contributed by atoms with Gasteiger partial charge in [0.1, 0.15) is 0 Å². The van der Waals surface area contributed by atoms with E-state index < -0.39 is 0 Å². The first kappa shape index (κ1) is 14.3. The molecule has 0 saturated heterocycles. The molecule has 0 aliphatic carbocycles. The monoisotopic (exact) mass is 217 g/mol. The van der Waals surface area contributed by atoms with E-state index in [1.54, 1.807) is 0 Å². The van der Waals surface area contributed by atoms with E-state index in [4.69, 9.17) is 5.73 Å². The third kappa shape index (κ3) is 5.26. The second-order valence-electron chi connectivity index (χ2n) is 5.49. The van der Waals surface area contributed by atoms with Crippen molar-refractivity contribution in [2.45, 2.75) is 59.3 Å². The summed E-state index contributed by atoms with van der Waals surface area (Å²) in [6.07, 6.45) is 1.27. The first-order valence-corrected chi connectivity index (χ1v) is 6.71. The molecule has 0 rings (SSSR count). The molecule has 2 heteroatoms. The molecule has 3 unspecified atom stereocenters. The number of hydrogen-bond donors (Lipinski definition) is 1. The molecule has 0 bridgehead atoms. The predicted molar refractivity (Wildman–Crippen MR) is 68.8 cm³/mol. The zero-order valence-corrected chi connectivity index (χ0v) is 11.4. The van der Waals surface area contributed by atoms with Crippen molar-refractivity contribution in [1.82, 2.24) is 0 Å². The Morgan fingerprint density at radius 1 is 1.21 bits per heavy atom. The minimum absolute atomic E-state index is 0.282. The first-order chi connectivity index (χ1) is 6.29. The molecule has 0 aliphatic heterocycles. The quantitative estimate of drug-likeness (QED) is 0.762. The highest BCUT2D eigenvalue weighted by Crippen LogP contribution is 2.33. The van der Waals surface area contributed by atoms with Gasteiger partial charge in [-0.1, -0.05) is 41.0 Å². The van der Waals surface area contributed by atoms with Gasteiger partial charge in [-0.3, -0.25) is 0 Å². The van der Waals surface area contributed by atoms with Gasteiger partial charge in [0.05, 0.1) is 0 Å². The molecular weight excluding hydrogens is 190 g/mol. The smallest absolute Gasteiger partial charge is 0.0244 e. The molecule has 2 N–H and O–H groups in total. The molecule has 14 heavy (non-hydrogen) atoms. The van der Waals surface area contributed by atoms with E-state index in [0.29, 0.717) is 10.7 Å². The normalized spacial score (nSPS) is 19.1. The lowest BCUT2D eigenvalue weighted by Gasteiger charge is -2.33. The second-order valence-corrected chi connectivity index (χ2v) is 6.67. The maximum absolute atomic E-state index is 6.03. The van der Waals surface area contributed by atoms with E-state index in [0.717, 1.165) is 5.92 Å². The maximum atomic E-state index is 6.03. The molecule has 0 aromatic carbocycles. The summed E-state index contributed by atoms with van der Waals surface area (Å²) in [5.41, 5.74) is 6.34. The molecule has 0 aromatic heterocycles. The van der Waals surface area contributed by atoms with Crippen LogP contribution in [-0.2, 0) is 0 Å². The average Bonchev–Trinajstić information content (AvgIpc) is 2.01. The van der Waals surface area contributed by atoms with Gasteiger partial charge in [-0.15, -0.1) is 0 Å². The van der Waals surface area contributed by atoms with Gasteiger partial charge < -0.3 is 5.73 Å². The van der Waals surface area contributed by atoms with Crippen LogP contribution in [-0.4, -0.2) is 17.0 Å². The molecule has 3 atom stereocenters. The highest BCUT2D eigenvalue weighted by atomic mass is 32.2. The van der Waals surface area contributed by atoms with Gasteiger partial charge >= 0.3 is 0 Å². The zero-order chi connectivity index (χ0) is 11.4. The van der Waals surface area contributed by atoms with Crippen molar-refractivity contribution >= 4 is 11.8 Å². The van der Waals surface area contributed by atoms with Crippen LogP contribution in [0.3, 0.4) is 0 Å². The van der Waals surface area contributed by atoms with Crippen LogP contribution in [0, 0.1) is 11.3 Å². The number of nitrogens with two attached hydrogens (primary N) is 1. The van der Waals surface area contributed by atoms with Crippen molar-refractivity contribution in [3.05, 3.63) is 0 Å².